The van der Waals surface area contributed by atoms with Crippen molar-refractivity contribution in [3.05, 3.63) is 0 Å². The van der Waals surface area contributed by atoms with E-state index in [0.29, 0.717) is 19.1 Å². The Kier molecular flexibility index (Phi) is 7.23. The van der Waals surface area contributed by atoms with E-state index >= 15 is 0 Å². The van der Waals surface area contributed by atoms with Crippen molar-refractivity contribution in [3.63, 3.8) is 0 Å². The molecule has 1 fully saturated rings. The van der Waals surface area contributed by atoms with Gasteiger partial charge in [-0.1, -0.05) is 0 Å². The highest BCUT2D eigenvalue weighted by Gasteiger charge is 2.27. The van der Waals surface area contributed by atoms with E-state index in [1.165, 1.54) is 0 Å². The zero-order valence-corrected chi connectivity index (χ0v) is 11.7. The third-order valence-electron chi connectivity index (χ3n) is 3.45. The number of nitrogens with two attached hydrogens (primary N) is 1. The number of rotatable bonds is 7. The largest absolute Gasteiger partial charge is 0.380 e. The molecule has 18 heavy (non-hydrogen) atoms. The second-order valence-corrected chi connectivity index (χ2v) is 4.92. The fourth-order valence-electron chi connectivity index (χ4n) is 2.35. The summed E-state index contributed by atoms with van der Waals surface area (Å²) in [6.45, 7) is 8.64. The van der Waals surface area contributed by atoms with Crippen molar-refractivity contribution in [2.24, 2.45) is 11.7 Å². The molecule has 1 saturated heterocycles. The van der Waals surface area contributed by atoms with Crippen LogP contribution in [0.3, 0.4) is 0 Å². The van der Waals surface area contributed by atoms with Crippen LogP contribution in [0.25, 0.3) is 0 Å². The van der Waals surface area contributed by atoms with Crippen LogP contribution >= 0.6 is 0 Å². The summed E-state index contributed by atoms with van der Waals surface area (Å²) < 4.78 is 5.45. The third-order valence-corrected chi connectivity index (χ3v) is 3.45. The van der Waals surface area contributed by atoms with Gasteiger partial charge in [-0.05, 0) is 33.2 Å². The first kappa shape index (κ1) is 15.4. The van der Waals surface area contributed by atoms with E-state index in [1.54, 1.807) is 0 Å². The van der Waals surface area contributed by atoms with Gasteiger partial charge in [-0.3, -0.25) is 9.69 Å². The molecule has 0 spiro atoms. The fourth-order valence-corrected chi connectivity index (χ4v) is 2.35. The van der Waals surface area contributed by atoms with Gasteiger partial charge in [-0.25, -0.2) is 0 Å². The van der Waals surface area contributed by atoms with Gasteiger partial charge in [0.2, 0.25) is 5.91 Å². The molecule has 0 aromatic carbocycles. The summed E-state index contributed by atoms with van der Waals surface area (Å²) in [5, 5.41) is 2.88. The zero-order valence-electron chi connectivity index (χ0n) is 11.7. The number of amides is 1. The Labute approximate surface area is 110 Å². The highest BCUT2D eigenvalue weighted by molar-refractivity contribution is 5.78. The lowest BCUT2D eigenvalue weighted by atomic mass is 9.96. The Morgan fingerprint density at radius 2 is 2.39 bits per heavy atom. The maximum absolute atomic E-state index is 11.9. The quantitative estimate of drug-likeness (QED) is 0.683. The molecule has 1 heterocycles. The van der Waals surface area contributed by atoms with Gasteiger partial charge < -0.3 is 15.8 Å². The van der Waals surface area contributed by atoms with Crippen LogP contribution in [0.4, 0.5) is 0 Å². The highest BCUT2D eigenvalue weighted by atomic mass is 16.5. The van der Waals surface area contributed by atoms with E-state index in [-0.39, 0.29) is 11.8 Å². The number of nitrogens with one attached hydrogen (secondary N) is 1. The minimum atomic E-state index is 0.106. The molecule has 0 aromatic heterocycles. The summed E-state index contributed by atoms with van der Waals surface area (Å²) in [6.07, 6.45) is 2.06. The van der Waals surface area contributed by atoms with Gasteiger partial charge in [0, 0.05) is 32.3 Å². The second kappa shape index (κ2) is 8.45. The minimum absolute atomic E-state index is 0.106. The average Bonchev–Trinajstić information content (AvgIpc) is 2.42. The first-order chi connectivity index (χ1) is 8.69. The molecule has 0 aromatic rings. The molecule has 0 bridgehead atoms. The maximum atomic E-state index is 11.9. The molecule has 1 amide bonds. The summed E-state index contributed by atoms with van der Waals surface area (Å²) in [7, 11) is 0. The molecule has 2 atom stereocenters. The topological polar surface area (TPSA) is 67.6 Å². The first-order valence-corrected chi connectivity index (χ1v) is 6.98. The molecule has 0 radical (unpaired) electrons. The van der Waals surface area contributed by atoms with Crippen molar-refractivity contribution in [1.82, 2.24) is 10.2 Å². The van der Waals surface area contributed by atoms with E-state index in [0.717, 1.165) is 39.1 Å². The van der Waals surface area contributed by atoms with Crippen LogP contribution in [0.1, 0.15) is 26.7 Å². The van der Waals surface area contributed by atoms with Crippen LogP contribution in [0.2, 0.25) is 0 Å². The second-order valence-electron chi connectivity index (χ2n) is 4.92. The summed E-state index contributed by atoms with van der Waals surface area (Å²) in [4.78, 5) is 14.3. The SMILES string of the molecule is CCOCC(C)N1CCCC(C(=O)NCCN)C1. The summed E-state index contributed by atoms with van der Waals surface area (Å²) in [5.74, 6) is 0.253. The van der Waals surface area contributed by atoms with Crippen LogP contribution in [0.15, 0.2) is 0 Å². The first-order valence-electron chi connectivity index (χ1n) is 6.98. The van der Waals surface area contributed by atoms with Gasteiger partial charge in [-0.2, -0.15) is 0 Å². The Bertz CT molecular complexity index is 248. The number of hydrogen-bond donors (Lipinski definition) is 2. The number of piperidine rings is 1. The maximum Gasteiger partial charge on any atom is 0.224 e. The predicted octanol–water partition coefficient (Wildman–Crippen LogP) is 0.198. The number of carbonyl (C=O) groups excluding carboxylic acids is 1. The molecule has 3 N–H and O–H groups in total. The van der Waals surface area contributed by atoms with Crippen LogP contribution in [-0.2, 0) is 9.53 Å². The number of carbonyl (C=O) groups is 1. The molecule has 1 aliphatic heterocycles. The Morgan fingerprint density at radius 3 is 3.06 bits per heavy atom. The summed E-state index contributed by atoms with van der Waals surface area (Å²) >= 11 is 0. The van der Waals surface area contributed by atoms with Crippen molar-refractivity contribution in [1.29, 1.82) is 0 Å². The van der Waals surface area contributed by atoms with E-state index in [2.05, 4.69) is 17.1 Å². The number of likely N-dealkylation sites (tertiary alicyclic amines) is 1. The van der Waals surface area contributed by atoms with Crippen molar-refractivity contribution in [2.45, 2.75) is 32.7 Å². The molecular formula is C13H27N3O2. The molecule has 1 rings (SSSR count). The fraction of sp³-hybridized carbons (Fsp3) is 0.923. The van der Waals surface area contributed by atoms with Crippen molar-refractivity contribution < 1.29 is 9.53 Å². The number of nitrogens with zero attached hydrogens (tertiary/aromatic N) is 1. The Hall–Kier alpha value is -0.650. The molecule has 106 valence electrons. The normalized spacial score (nSPS) is 22.7. The highest BCUT2D eigenvalue weighted by Crippen LogP contribution is 2.18. The molecule has 2 unspecified atom stereocenters. The molecule has 5 heteroatoms. The van der Waals surface area contributed by atoms with Gasteiger partial charge in [0.15, 0.2) is 0 Å². The number of hydrogen-bond acceptors (Lipinski definition) is 4. The molecule has 0 aliphatic carbocycles. The van der Waals surface area contributed by atoms with Crippen molar-refractivity contribution in [3.8, 4) is 0 Å². The van der Waals surface area contributed by atoms with E-state index < -0.39 is 0 Å². The van der Waals surface area contributed by atoms with Crippen LogP contribution < -0.4 is 11.1 Å². The predicted molar refractivity (Wildman–Crippen MR) is 72.3 cm³/mol. The molecular weight excluding hydrogens is 230 g/mol. The zero-order chi connectivity index (χ0) is 13.4. The van der Waals surface area contributed by atoms with Gasteiger partial charge in [0.1, 0.15) is 0 Å². The summed E-state index contributed by atoms with van der Waals surface area (Å²) in [6, 6.07) is 0.384. The van der Waals surface area contributed by atoms with Crippen molar-refractivity contribution in [2.75, 3.05) is 39.4 Å². The number of ether oxygens (including phenoxy) is 1. The van der Waals surface area contributed by atoms with E-state index in [4.69, 9.17) is 10.5 Å². The lowest BCUT2D eigenvalue weighted by molar-refractivity contribution is -0.127. The van der Waals surface area contributed by atoms with Crippen LogP contribution in [0.5, 0.6) is 0 Å². The van der Waals surface area contributed by atoms with Gasteiger partial charge in [0.05, 0.1) is 12.5 Å². The monoisotopic (exact) mass is 257 g/mol. The van der Waals surface area contributed by atoms with Crippen LogP contribution in [0, 0.1) is 5.92 Å². The lowest BCUT2D eigenvalue weighted by Gasteiger charge is -2.36. The van der Waals surface area contributed by atoms with E-state index in [1.807, 2.05) is 6.92 Å². The minimum Gasteiger partial charge on any atom is -0.380 e. The third kappa shape index (κ3) is 4.92. The van der Waals surface area contributed by atoms with Gasteiger partial charge in [0.25, 0.3) is 0 Å². The lowest BCUT2D eigenvalue weighted by Crippen LogP contribution is -2.48. The molecule has 1 aliphatic rings. The van der Waals surface area contributed by atoms with Gasteiger partial charge >= 0.3 is 0 Å². The molecule has 5 nitrogen and oxygen atoms in total. The van der Waals surface area contributed by atoms with Gasteiger partial charge in [-0.15, -0.1) is 0 Å². The Balaban J connectivity index is 2.37. The Morgan fingerprint density at radius 1 is 1.61 bits per heavy atom. The standard InChI is InChI=1S/C13H27N3O2/c1-3-18-10-11(2)16-8-4-5-12(9-16)13(17)15-7-6-14/h11-12H,3-10,14H2,1-2H3,(H,15,17). The molecule has 0 saturated carbocycles. The van der Waals surface area contributed by atoms with E-state index in [9.17, 15) is 4.79 Å². The smallest absolute Gasteiger partial charge is 0.224 e. The van der Waals surface area contributed by atoms with Crippen molar-refractivity contribution >= 4 is 5.91 Å². The average molecular weight is 257 g/mol. The van der Waals surface area contributed by atoms with Crippen LogP contribution in [-0.4, -0.2) is 56.2 Å². The summed E-state index contributed by atoms with van der Waals surface area (Å²) in [5.41, 5.74) is 5.40.